The van der Waals surface area contributed by atoms with Crippen molar-refractivity contribution < 1.29 is 33.2 Å². The maximum atomic E-state index is 12.2. The maximum Gasteiger partial charge on any atom is 0.472 e. The lowest BCUT2D eigenvalue weighted by Gasteiger charge is -2.61. The Hall–Kier alpha value is -0.0100. The number of likely N-dealkylation sites (N-methyl/N-ethyl adjacent to an activating group) is 1. The largest absolute Gasteiger partial charge is 0.870 e. The van der Waals surface area contributed by atoms with Crippen molar-refractivity contribution in [2.45, 2.75) is 125 Å². The van der Waals surface area contributed by atoms with E-state index in [1.54, 1.807) is 0 Å². The standard InChI is InChI=1S/C36H68NO5P.H2O/c1-10-28(26(2)3)12-11-27(4)32-15-16-33-31-14-13-29-25-30(17-19-35(29,5)34(31)18-20-36(32,33)6)40-23-24-42-43(38,39)41-22-21-37(7,8)9;/h26-34H,10-25H2,1-9H3;1H2/t27-,28-,29?,30+,31?,32-,33?,34?,35+,36-;/m1./s1. The van der Waals surface area contributed by atoms with Gasteiger partial charge in [0.25, 0.3) is 0 Å². The van der Waals surface area contributed by atoms with Gasteiger partial charge in [0.05, 0.1) is 40.5 Å². The van der Waals surface area contributed by atoms with E-state index in [0.717, 1.165) is 60.2 Å². The first-order valence-electron chi connectivity index (χ1n) is 18.1. The summed E-state index contributed by atoms with van der Waals surface area (Å²) in [5, 5.41) is 0. The predicted molar refractivity (Wildman–Crippen MR) is 179 cm³/mol. The van der Waals surface area contributed by atoms with Crippen molar-refractivity contribution in [2.75, 3.05) is 47.5 Å². The Labute approximate surface area is 271 Å². The molecule has 2 N–H and O–H groups in total. The van der Waals surface area contributed by atoms with E-state index in [1.807, 2.05) is 21.1 Å². The van der Waals surface area contributed by atoms with Gasteiger partial charge >= 0.3 is 7.82 Å². The van der Waals surface area contributed by atoms with Gasteiger partial charge in [0.15, 0.2) is 0 Å². The van der Waals surface area contributed by atoms with Crippen LogP contribution in [0.25, 0.3) is 0 Å². The molecular weight excluding hydrogens is 573 g/mol. The summed E-state index contributed by atoms with van der Waals surface area (Å²) < 4.78 is 29.5. The van der Waals surface area contributed by atoms with Gasteiger partial charge in [-0.3, -0.25) is 9.05 Å². The monoisotopic (exact) mass is 643 g/mol. The minimum Gasteiger partial charge on any atom is -0.870 e. The summed E-state index contributed by atoms with van der Waals surface area (Å²) in [5.74, 6) is 6.92. The van der Waals surface area contributed by atoms with Crippen LogP contribution in [0.4, 0.5) is 0 Å². The Kier molecular flexibility index (Phi) is 13.5. The molecule has 4 aliphatic carbocycles. The van der Waals surface area contributed by atoms with Crippen LogP contribution in [0.1, 0.15) is 119 Å². The van der Waals surface area contributed by atoms with E-state index in [2.05, 4.69) is 41.5 Å². The number of hydrogen-bond acceptors (Lipinski definition) is 5. The van der Waals surface area contributed by atoms with Gasteiger partial charge < -0.3 is 19.6 Å². The van der Waals surface area contributed by atoms with Gasteiger partial charge in [-0.25, -0.2) is 4.57 Å². The molecule has 7 nitrogen and oxygen atoms in total. The molecule has 4 saturated carbocycles. The number of fused-ring (bicyclic) bond motifs is 5. The van der Waals surface area contributed by atoms with E-state index in [0.29, 0.717) is 28.5 Å². The number of rotatable bonds is 15. The lowest BCUT2D eigenvalue weighted by Crippen LogP contribution is -2.54. The molecule has 0 aromatic heterocycles. The summed E-state index contributed by atoms with van der Waals surface area (Å²) in [4.78, 5) is 10.0. The summed E-state index contributed by atoms with van der Waals surface area (Å²) >= 11 is 0. The van der Waals surface area contributed by atoms with E-state index >= 15 is 0 Å². The summed E-state index contributed by atoms with van der Waals surface area (Å²) in [6.07, 6.45) is 16.4. The highest BCUT2D eigenvalue weighted by Crippen LogP contribution is 2.68. The normalized spacial score (nSPS) is 38.2. The van der Waals surface area contributed by atoms with Crippen molar-refractivity contribution in [3.63, 3.8) is 0 Å². The predicted octanol–water partition coefficient (Wildman–Crippen LogP) is 8.79. The molecule has 0 aromatic rings. The molecule has 4 rings (SSSR count). The fourth-order valence-electron chi connectivity index (χ4n) is 10.9. The Balaban J connectivity index is 0.00000529. The summed E-state index contributed by atoms with van der Waals surface area (Å²) in [5.41, 5.74) is 0.988. The molecule has 11 atom stereocenters. The van der Waals surface area contributed by atoms with Crippen LogP contribution in [0, 0.1) is 58.2 Å². The van der Waals surface area contributed by atoms with Crippen LogP contribution >= 0.6 is 7.82 Å². The zero-order chi connectivity index (χ0) is 31.6. The lowest BCUT2D eigenvalue weighted by atomic mass is 9.44. The topological polar surface area (TPSA) is 95.0 Å². The summed E-state index contributed by atoms with van der Waals surface area (Å²) in [6.45, 7) is 16.4. The van der Waals surface area contributed by atoms with E-state index in [4.69, 9.17) is 13.8 Å². The second kappa shape index (κ2) is 15.5. The van der Waals surface area contributed by atoms with Crippen LogP contribution in [0.5, 0.6) is 0 Å². The van der Waals surface area contributed by atoms with Crippen LogP contribution in [-0.2, 0) is 18.3 Å². The van der Waals surface area contributed by atoms with Crippen LogP contribution in [0.3, 0.4) is 0 Å². The molecule has 8 heteroatoms. The molecule has 0 spiro atoms. The molecule has 0 aliphatic heterocycles. The zero-order valence-electron chi connectivity index (χ0n) is 29.9. The average Bonchev–Trinajstić information content (AvgIpc) is 3.27. The van der Waals surface area contributed by atoms with Gasteiger partial charge in [-0.2, -0.15) is 0 Å². The van der Waals surface area contributed by atoms with Gasteiger partial charge in [0.1, 0.15) is 13.2 Å². The van der Waals surface area contributed by atoms with Crippen LogP contribution in [-0.4, -0.2) is 68.5 Å². The molecule has 0 bridgehead atoms. The third-order valence-electron chi connectivity index (χ3n) is 13.5. The highest BCUT2D eigenvalue weighted by atomic mass is 31.2. The van der Waals surface area contributed by atoms with Gasteiger partial charge in [0, 0.05) is 0 Å². The first kappa shape index (κ1) is 38.4. The molecule has 4 aliphatic rings. The van der Waals surface area contributed by atoms with Gasteiger partial charge in [-0.1, -0.05) is 54.4 Å². The van der Waals surface area contributed by atoms with Crippen molar-refractivity contribution in [1.29, 1.82) is 0 Å². The number of ether oxygens (including phenoxy) is 1. The Morgan fingerprint density at radius 2 is 1.52 bits per heavy atom. The van der Waals surface area contributed by atoms with Crippen molar-refractivity contribution in [3.8, 4) is 0 Å². The van der Waals surface area contributed by atoms with Gasteiger partial charge in [0.2, 0.25) is 0 Å². The zero-order valence-corrected chi connectivity index (χ0v) is 30.8. The third kappa shape index (κ3) is 8.91. The number of phosphoric acid groups is 1. The quantitative estimate of drug-likeness (QED) is 0.109. The molecule has 0 heterocycles. The van der Waals surface area contributed by atoms with Crippen molar-refractivity contribution in [2.24, 2.45) is 58.2 Å². The molecule has 0 radical (unpaired) electrons. The van der Waals surface area contributed by atoms with Gasteiger partial charge in [-0.15, -0.1) is 0 Å². The minimum absolute atomic E-state index is 0. The Morgan fingerprint density at radius 1 is 0.864 bits per heavy atom. The SMILES string of the molecule is CC[C@H](CC[C@@H](C)[C@H]1CCC2C3CCC4C[C@@H](OCCOP(=O)(O)OCC[N+](C)(C)C)CC[C@]4(C)C3CC[C@@]21C)C(C)C.[OH-]. The van der Waals surface area contributed by atoms with E-state index in [1.165, 1.54) is 64.2 Å². The molecule has 4 fully saturated rings. The number of quaternary nitrogens is 1. The van der Waals surface area contributed by atoms with Crippen LogP contribution < -0.4 is 0 Å². The summed E-state index contributed by atoms with van der Waals surface area (Å²) in [7, 11) is 2.04. The molecule has 0 aromatic carbocycles. The smallest absolute Gasteiger partial charge is 0.472 e. The second-order valence-corrected chi connectivity index (χ2v) is 18.7. The molecule has 5 unspecified atom stereocenters. The number of nitrogens with zero attached hydrogens (tertiary/aromatic N) is 1. The maximum absolute atomic E-state index is 12.2. The summed E-state index contributed by atoms with van der Waals surface area (Å²) in [6, 6.07) is 0. The first-order valence-corrected chi connectivity index (χ1v) is 19.6. The van der Waals surface area contributed by atoms with E-state index in [9.17, 15) is 9.46 Å². The molecule has 260 valence electrons. The molecular formula is C36H70NO6P. The highest BCUT2D eigenvalue weighted by Gasteiger charge is 2.60. The third-order valence-corrected chi connectivity index (χ3v) is 14.6. The molecule has 0 amide bonds. The molecule has 44 heavy (non-hydrogen) atoms. The van der Waals surface area contributed by atoms with E-state index < -0.39 is 7.82 Å². The second-order valence-electron chi connectivity index (χ2n) is 17.3. The average molecular weight is 644 g/mol. The van der Waals surface area contributed by atoms with Crippen LogP contribution in [0.2, 0.25) is 0 Å². The van der Waals surface area contributed by atoms with Crippen molar-refractivity contribution in [3.05, 3.63) is 0 Å². The minimum atomic E-state index is -4.03. The van der Waals surface area contributed by atoms with Crippen molar-refractivity contribution in [1.82, 2.24) is 0 Å². The number of hydrogen-bond donors (Lipinski definition) is 1. The first-order chi connectivity index (χ1) is 20.1. The molecule has 0 saturated heterocycles. The Morgan fingerprint density at radius 3 is 2.18 bits per heavy atom. The van der Waals surface area contributed by atoms with Gasteiger partial charge in [-0.05, 0) is 122 Å². The number of phosphoric ester groups is 1. The Bertz CT molecular complexity index is 940. The van der Waals surface area contributed by atoms with E-state index in [-0.39, 0.29) is 24.8 Å². The fraction of sp³-hybridized carbons (Fsp3) is 1.00. The fourth-order valence-corrected chi connectivity index (χ4v) is 11.6. The lowest BCUT2D eigenvalue weighted by molar-refractivity contribution is -0.870. The highest BCUT2D eigenvalue weighted by molar-refractivity contribution is 7.47. The van der Waals surface area contributed by atoms with Crippen molar-refractivity contribution >= 4 is 7.82 Å². The van der Waals surface area contributed by atoms with Crippen LogP contribution in [0.15, 0.2) is 0 Å².